The molecule has 0 spiro atoms. The Morgan fingerprint density at radius 2 is 2.18 bits per heavy atom. The molecule has 22 heavy (non-hydrogen) atoms. The van der Waals surface area contributed by atoms with Crippen LogP contribution in [0.4, 0.5) is 5.69 Å². The minimum absolute atomic E-state index is 0.0717. The molecule has 1 aliphatic rings. The molecule has 122 valence electrons. The van der Waals surface area contributed by atoms with Gasteiger partial charge < -0.3 is 10.6 Å². The highest BCUT2D eigenvalue weighted by Gasteiger charge is 2.27. The summed E-state index contributed by atoms with van der Waals surface area (Å²) in [7, 11) is -2.90. The molecule has 0 radical (unpaired) electrons. The van der Waals surface area contributed by atoms with Crippen molar-refractivity contribution >= 4 is 21.4 Å². The summed E-state index contributed by atoms with van der Waals surface area (Å²) in [5, 5.41) is 5.98. The summed E-state index contributed by atoms with van der Waals surface area (Å²) in [6.07, 6.45) is 3.11. The molecule has 1 aromatic rings. The van der Waals surface area contributed by atoms with Gasteiger partial charge in [-0.25, -0.2) is 13.4 Å². The van der Waals surface area contributed by atoms with Gasteiger partial charge in [0.1, 0.15) is 5.69 Å². The lowest BCUT2D eigenvalue weighted by Gasteiger charge is -2.12. The van der Waals surface area contributed by atoms with Gasteiger partial charge in [0.2, 0.25) is 0 Å². The van der Waals surface area contributed by atoms with E-state index in [-0.39, 0.29) is 23.5 Å². The highest BCUT2D eigenvalue weighted by Crippen LogP contribution is 2.17. The van der Waals surface area contributed by atoms with Crippen molar-refractivity contribution in [3.8, 4) is 0 Å². The molecule has 2 rings (SSSR count). The maximum atomic E-state index is 11.9. The molecular weight excluding hydrogens is 302 g/mol. The molecule has 1 unspecified atom stereocenters. The molecule has 6 nitrogen and oxygen atoms in total. The van der Waals surface area contributed by atoms with E-state index in [1.165, 1.54) is 0 Å². The van der Waals surface area contributed by atoms with Crippen molar-refractivity contribution in [2.75, 3.05) is 23.4 Å². The van der Waals surface area contributed by atoms with Gasteiger partial charge >= 0.3 is 0 Å². The quantitative estimate of drug-likeness (QED) is 0.826. The molecule has 2 heterocycles. The second kappa shape index (κ2) is 7.09. The predicted octanol–water partition coefficient (Wildman–Crippen LogP) is 1.46. The van der Waals surface area contributed by atoms with Crippen molar-refractivity contribution in [1.29, 1.82) is 0 Å². The van der Waals surface area contributed by atoms with Crippen molar-refractivity contribution in [2.45, 2.75) is 32.7 Å². The molecule has 0 aromatic carbocycles. The fourth-order valence-electron chi connectivity index (χ4n) is 2.32. The second-order valence-corrected chi connectivity index (χ2v) is 8.34. The summed E-state index contributed by atoms with van der Waals surface area (Å²) in [6.45, 7) is 4.85. The lowest BCUT2D eigenvalue weighted by molar-refractivity contribution is 0.0947. The number of amides is 1. The van der Waals surface area contributed by atoms with Crippen LogP contribution >= 0.6 is 0 Å². The van der Waals surface area contributed by atoms with E-state index in [0.29, 0.717) is 24.6 Å². The molecule has 1 atom stereocenters. The SMILES string of the molecule is CC(C)CCNC(=O)c1ccc(NC2CCS(=O)(=O)C2)cn1. The first-order valence-corrected chi connectivity index (χ1v) is 9.39. The number of aromatic nitrogens is 1. The number of hydrogen-bond acceptors (Lipinski definition) is 5. The molecule has 1 aliphatic heterocycles. The molecule has 1 aromatic heterocycles. The van der Waals surface area contributed by atoms with Crippen LogP contribution in [0.15, 0.2) is 18.3 Å². The van der Waals surface area contributed by atoms with Gasteiger partial charge in [0.25, 0.3) is 5.91 Å². The summed E-state index contributed by atoms with van der Waals surface area (Å²) in [6, 6.07) is 3.34. The van der Waals surface area contributed by atoms with Gasteiger partial charge in [-0.05, 0) is 30.9 Å². The zero-order valence-electron chi connectivity index (χ0n) is 13.0. The third-order valence-corrected chi connectivity index (χ3v) is 5.37. The summed E-state index contributed by atoms with van der Waals surface area (Å²) in [5.74, 6) is 0.747. The van der Waals surface area contributed by atoms with Crippen LogP contribution in [0.25, 0.3) is 0 Å². The van der Waals surface area contributed by atoms with Gasteiger partial charge in [-0.1, -0.05) is 13.8 Å². The number of carbonyl (C=O) groups is 1. The third-order valence-electron chi connectivity index (χ3n) is 3.61. The van der Waals surface area contributed by atoms with Crippen LogP contribution < -0.4 is 10.6 Å². The Hall–Kier alpha value is -1.63. The van der Waals surface area contributed by atoms with Crippen LogP contribution in [-0.4, -0.2) is 43.4 Å². The number of hydrogen-bond donors (Lipinski definition) is 2. The molecular formula is C15H23N3O3S. The Labute approximate surface area is 131 Å². The zero-order valence-corrected chi connectivity index (χ0v) is 13.8. The van der Waals surface area contributed by atoms with Gasteiger partial charge in [-0.15, -0.1) is 0 Å². The Balaban J connectivity index is 1.86. The van der Waals surface area contributed by atoms with Crippen molar-refractivity contribution in [3.05, 3.63) is 24.0 Å². The van der Waals surface area contributed by atoms with E-state index >= 15 is 0 Å². The summed E-state index contributed by atoms with van der Waals surface area (Å²) >= 11 is 0. The molecule has 2 N–H and O–H groups in total. The Morgan fingerprint density at radius 3 is 2.73 bits per heavy atom. The van der Waals surface area contributed by atoms with E-state index in [1.807, 2.05) is 0 Å². The minimum Gasteiger partial charge on any atom is -0.380 e. The topological polar surface area (TPSA) is 88.2 Å². The Kier molecular flexibility index (Phi) is 5.39. The molecule has 1 fully saturated rings. The van der Waals surface area contributed by atoms with Gasteiger partial charge in [0.15, 0.2) is 9.84 Å². The zero-order chi connectivity index (χ0) is 16.2. The number of nitrogens with zero attached hydrogens (tertiary/aromatic N) is 1. The first-order valence-electron chi connectivity index (χ1n) is 7.57. The van der Waals surface area contributed by atoms with Gasteiger partial charge in [-0.3, -0.25) is 4.79 Å². The van der Waals surface area contributed by atoms with E-state index in [0.717, 1.165) is 12.1 Å². The van der Waals surface area contributed by atoms with Gasteiger partial charge in [-0.2, -0.15) is 0 Å². The predicted molar refractivity (Wildman–Crippen MR) is 86.7 cm³/mol. The van der Waals surface area contributed by atoms with Crippen LogP contribution in [0.5, 0.6) is 0 Å². The summed E-state index contributed by atoms with van der Waals surface area (Å²) in [5.41, 5.74) is 1.11. The van der Waals surface area contributed by atoms with Crippen LogP contribution in [-0.2, 0) is 9.84 Å². The van der Waals surface area contributed by atoms with E-state index in [9.17, 15) is 13.2 Å². The van der Waals surface area contributed by atoms with Crippen molar-refractivity contribution in [2.24, 2.45) is 5.92 Å². The smallest absolute Gasteiger partial charge is 0.269 e. The molecule has 1 saturated heterocycles. The number of carbonyl (C=O) groups excluding carboxylic acids is 1. The minimum atomic E-state index is -2.90. The number of nitrogens with one attached hydrogen (secondary N) is 2. The monoisotopic (exact) mass is 325 g/mol. The van der Waals surface area contributed by atoms with E-state index in [4.69, 9.17) is 0 Å². The average Bonchev–Trinajstić information content (AvgIpc) is 2.78. The van der Waals surface area contributed by atoms with Gasteiger partial charge in [0.05, 0.1) is 23.4 Å². The van der Waals surface area contributed by atoms with Crippen molar-refractivity contribution in [3.63, 3.8) is 0 Å². The van der Waals surface area contributed by atoms with Crippen LogP contribution in [0.2, 0.25) is 0 Å². The standard InChI is InChI=1S/C15H23N3O3S/c1-11(2)5-7-16-15(19)14-4-3-12(9-17-14)18-13-6-8-22(20,21)10-13/h3-4,9,11,13,18H,5-8,10H2,1-2H3,(H,16,19). The highest BCUT2D eigenvalue weighted by molar-refractivity contribution is 7.91. The molecule has 1 amide bonds. The second-order valence-electron chi connectivity index (χ2n) is 6.11. The number of anilines is 1. The van der Waals surface area contributed by atoms with Crippen LogP contribution in [0, 0.1) is 5.92 Å². The normalized spacial score (nSPS) is 20.0. The molecule has 7 heteroatoms. The summed E-state index contributed by atoms with van der Waals surface area (Å²) in [4.78, 5) is 16.0. The largest absolute Gasteiger partial charge is 0.380 e. The lowest BCUT2D eigenvalue weighted by atomic mass is 10.1. The van der Waals surface area contributed by atoms with Crippen molar-refractivity contribution in [1.82, 2.24) is 10.3 Å². The molecule has 0 saturated carbocycles. The maximum absolute atomic E-state index is 11.9. The van der Waals surface area contributed by atoms with Crippen LogP contribution in [0.3, 0.4) is 0 Å². The first kappa shape index (κ1) is 16.7. The maximum Gasteiger partial charge on any atom is 0.269 e. The number of rotatable bonds is 6. The van der Waals surface area contributed by atoms with E-state index in [1.54, 1.807) is 18.3 Å². The summed E-state index contributed by atoms with van der Waals surface area (Å²) < 4.78 is 22.8. The Bertz CT molecular complexity index is 611. The third kappa shape index (κ3) is 4.98. The fourth-order valence-corrected chi connectivity index (χ4v) is 4.00. The highest BCUT2D eigenvalue weighted by atomic mass is 32.2. The first-order chi connectivity index (χ1) is 10.4. The van der Waals surface area contributed by atoms with Crippen molar-refractivity contribution < 1.29 is 13.2 Å². The molecule has 0 bridgehead atoms. The van der Waals surface area contributed by atoms with E-state index in [2.05, 4.69) is 29.5 Å². The number of pyridine rings is 1. The lowest BCUT2D eigenvalue weighted by Crippen LogP contribution is -2.26. The Morgan fingerprint density at radius 1 is 1.41 bits per heavy atom. The van der Waals surface area contributed by atoms with Gasteiger partial charge in [0, 0.05) is 12.6 Å². The van der Waals surface area contributed by atoms with E-state index < -0.39 is 9.84 Å². The molecule has 0 aliphatic carbocycles. The number of sulfone groups is 1. The fraction of sp³-hybridized carbons (Fsp3) is 0.600. The average molecular weight is 325 g/mol. The van der Waals surface area contributed by atoms with Crippen LogP contribution in [0.1, 0.15) is 37.2 Å².